The summed E-state index contributed by atoms with van der Waals surface area (Å²) in [4.78, 5) is 19.3. The lowest BCUT2D eigenvalue weighted by atomic mass is 10.2. The predicted octanol–water partition coefficient (Wildman–Crippen LogP) is 2.27. The van der Waals surface area contributed by atoms with Gasteiger partial charge < -0.3 is 15.0 Å². The fraction of sp³-hybridized carbons (Fsp3) is 0.231. The van der Waals surface area contributed by atoms with Crippen LogP contribution < -0.4 is 0 Å². The van der Waals surface area contributed by atoms with Gasteiger partial charge in [0.1, 0.15) is 5.82 Å². The average molecular weight is 263 g/mol. The second kappa shape index (κ2) is 5.99. The van der Waals surface area contributed by atoms with Crippen LogP contribution in [-0.2, 0) is 13.0 Å². The standard InChI is InChI=1S/C13H14FN3O2/c14-11-3-1-10(2-4-11)8-17(13(18)19)6-5-12-7-15-9-16-12/h1-4,7,9H,5-6,8H2,(H,15,16)(H,18,19). The summed E-state index contributed by atoms with van der Waals surface area (Å²) in [5.74, 6) is -0.331. The lowest BCUT2D eigenvalue weighted by molar-refractivity contribution is 0.143. The number of nitrogens with one attached hydrogen (secondary N) is 1. The number of hydrogen-bond donors (Lipinski definition) is 2. The van der Waals surface area contributed by atoms with Crippen molar-refractivity contribution in [3.63, 3.8) is 0 Å². The molecule has 0 aliphatic rings. The molecular formula is C13H14FN3O2. The SMILES string of the molecule is O=C(O)N(CCc1c[nH]cn1)Cc1ccc(F)cc1. The molecule has 5 nitrogen and oxygen atoms in total. The van der Waals surface area contributed by atoms with E-state index < -0.39 is 6.09 Å². The molecular weight excluding hydrogens is 249 g/mol. The Hall–Kier alpha value is -2.37. The quantitative estimate of drug-likeness (QED) is 0.869. The van der Waals surface area contributed by atoms with Gasteiger partial charge in [-0.25, -0.2) is 14.2 Å². The summed E-state index contributed by atoms with van der Waals surface area (Å²) in [6.45, 7) is 0.581. The molecule has 2 N–H and O–H groups in total. The summed E-state index contributed by atoms with van der Waals surface area (Å²) < 4.78 is 12.8. The van der Waals surface area contributed by atoms with E-state index in [9.17, 15) is 9.18 Å². The van der Waals surface area contributed by atoms with Gasteiger partial charge in [-0.2, -0.15) is 0 Å². The number of nitrogens with zero attached hydrogens (tertiary/aromatic N) is 2. The summed E-state index contributed by atoms with van der Waals surface area (Å²) in [5, 5.41) is 9.14. The summed E-state index contributed by atoms with van der Waals surface area (Å²) in [7, 11) is 0. The van der Waals surface area contributed by atoms with Crippen LogP contribution >= 0.6 is 0 Å². The Labute approximate surface area is 109 Å². The molecule has 0 fully saturated rings. The van der Waals surface area contributed by atoms with Crippen molar-refractivity contribution in [2.75, 3.05) is 6.54 Å². The van der Waals surface area contributed by atoms with Gasteiger partial charge in [-0.05, 0) is 17.7 Å². The maximum absolute atomic E-state index is 12.8. The van der Waals surface area contributed by atoms with Crippen LogP contribution in [0.2, 0.25) is 0 Å². The average Bonchev–Trinajstić information content (AvgIpc) is 2.89. The third kappa shape index (κ3) is 3.80. The molecule has 1 aromatic heterocycles. The third-order valence-corrected chi connectivity index (χ3v) is 2.75. The molecule has 6 heteroatoms. The fourth-order valence-electron chi connectivity index (χ4n) is 1.73. The highest BCUT2D eigenvalue weighted by Gasteiger charge is 2.12. The van der Waals surface area contributed by atoms with E-state index in [1.807, 2.05) is 0 Å². The normalized spacial score (nSPS) is 10.4. The summed E-state index contributed by atoms with van der Waals surface area (Å²) in [6.07, 6.45) is 2.83. The van der Waals surface area contributed by atoms with Gasteiger partial charge in [-0.1, -0.05) is 12.1 Å². The third-order valence-electron chi connectivity index (χ3n) is 2.75. The number of rotatable bonds is 5. The highest BCUT2D eigenvalue weighted by Crippen LogP contribution is 2.08. The Kier molecular flexibility index (Phi) is 4.12. The van der Waals surface area contributed by atoms with Crippen LogP contribution in [0.15, 0.2) is 36.8 Å². The summed E-state index contributed by atoms with van der Waals surface area (Å²) >= 11 is 0. The van der Waals surface area contributed by atoms with Crippen LogP contribution in [0.1, 0.15) is 11.3 Å². The Balaban J connectivity index is 1.96. The van der Waals surface area contributed by atoms with Crippen molar-refractivity contribution in [1.82, 2.24) is 14.9 Å². The summed E-state index contributed by atoms with van der Waals surface area (Å²) in [6, 6.07) is 5.81. The van der Waals surface area contributed by atoms with Gasteiger partial charge in [-0.15, -0.1) is 0 Å². The zero-order valence-corrected chi connectivity index (χ0v) is 10.2. The second-order valence-corrected chi connectivity index (χ2v) is 4.14. The van der Waals surface area contributed by atoms with Crippen molar-refractivity contribution in [1.29, 1.82) is 0 Å². The molecule has 100 valence electrons. The van der Waals surface area contributed by atoms with Crippen LogP contribution in [0, 0.1) is 5.82 Å². The summed E-state index contributed by atoms with van der Waals surface area (Å²) in [5.41, 5.74) is 1.57. The van der Waals surface area contributed by atoms with Crippen molar-refractivity contribution < 1.29 is 14.3 Å². The van der Waals surface area contributed by atoms with Gasteiger partial charge in [0.15, 0.2) is 0 Å². The number of halogens is 1. The number of aromatic amines is 1. The van der Waals surface area contributed by atoms with Crippen molar-refractivity contribution in [2.24, 2.45) is 0 Å². The Bertz CT molecular complexity index is 525. The number of amides is 1. The van der Waals surface area contributed by atoms with Gasteiger partial charge in [0.25, 0.3) is 0 Å². The fourth-order valence-corrected chi connectivity index (χ4v) is 1.73. The minimum Gasteiger partial charge on any atom is -0.465 e. The van der Waals surface area contributed by atoms with E-state index in [0.29, 0.717) is 13.0 Å². The first-order valence-corrected chi connectivity index (χ1v) is 5.85. The van der Waals surface area contributed by atoms with Crippen molar-refractivity contribution in [3.8, 4) is 0 Å². The molecule has 1 amide bonds. The molecule has 0 radical (unpaired) electrons. The van der Waals surface area contributed by atoms with Crippen LogP contribution in [0.3, 0.4) is 0 Å². The zero-order valence-electron chi connectivity index (χ0n) is 10.2. The monoisotopic (exact) mass is 263 g/mol. The molecule has 0 saturated heterocycles. The number of aromatic nitrogens is 2. The number of H-pyrrole nitrogens is 1. The van der Waals surface area contributed by atoms with Crippen molar-refractivity contribution in [2.45, 2.75) is 13.0 Å². The molecule has 0 unspecified atom stereocenters. The topological polar surface area (TPSA) is 69.2 Å². The minimum atomic E-state index is -1.00. The molecule has 2 aromatic rings. The molecule has 19 heavy (non-hydrogen) atoms. The Morgan fingerprint density at radius 1 is 1.37 bits per heavy atom. The van der Waals surface area contributed by atoms with E-state index in [-0.39, 0.29) is 12.4 Å². The van der Waals surface area contributed by atoms with Gasteiger partial charge in [0, 0.05) is 25.7 Å². The number of hydrogen-bond acceptors (Lipinski definition) is 2. The number of carboxylic acid groups (broad SMARTS) is 1. The first kappa shape index (κ1) is 13.1. The van der Waals surface area contributed by atoms with E-state index in [1.54, 1.807) is 24.7 Å². The lowest BCUT2D eigenvalue weighted by Crippen LogP contribution is -2.31. The Morgan fingerprint density at radius 2 is 2.11 bits per heavy atom. The largest absolute Gasteiger partial charge is 0.465 e. The smallest absolute Gasteiger partial charge is 0.407 e. The number of imidazole rings is 1. The maximum Gasteiger partial charge on any atom is 0.407 e. The van der Waals surface area contributed by atoms with Crippen LogP contribution in [0.25, 0.3) is 0 Å². The minimum absolute atomic E-state index is 0.236. The molecule has 0 spiro atoms. The maximum atomic E-state index is 12.8. The van der Waals surface area contributed by atoms with Crippen molar-refractivity contribution in [3.05, 3.63) is 53.9 Å². The van der Waals surface area contributed by atoms with E-state index in [4.69, 9.17) is 5.11 Å². The molecule has 0 aliphatic heterocycles. The van der Waals surface area contributed by atoms with Gasteiger partial charge in [0.2, 0.25) is 0 Å². The van der Waals surface area contributed by atoms with Gasteiger partial charge in [-0.3, -0.25) is 0 Å². The van der Waals surface area contributed by atoms with Gasteiger partial charge >= 0.3 is 6.09 Å². The predicted molar refractivity (Wildman–Crippen MR) is 67.1 cm³/mol. The van der Waals surface area contributed by atoms with E-state index >= 15 is 0 Å². The first-order chi connectivity index (χ1) is 9.15. The molecule has 0 bridgehead atoms. The molecule has 0 atom stereocenters. The molecule has 2 rings (SSSR count). The highest BCUT2D eigenvalue weighted by molar-refractivity contribution is 5.65. The highest BCUT2D eigenvalue weighted by atomic mass is 19.1. The molecule has 1 aromatic carbocycles. The molecule has 0 saturated carbocycles. The van der Waals surface area contributed by atoms with Crippen LogP contribution in [0.5, 0.6) is 0 Å². The second-order valence-electron chi connectivity index (χ2n) is 4.14. The molecule has 0 aliphatic carbocycles. The number of benzene rings is 1. The Morgan fingerprint density at radius 3 is 2.68 bits per heavy atom. The molecule has 1 heterocycles. The van der Waals surface area contributed by atoms with Gasteiger partial charge in [0.05, 0.1) is 12.0 Å². The first-order valence-electron chi connectivity index (χ1n) is 5.85. The zero-order chi connectivity index (χ0) is 13.7. The van der Waals surface area contributed by atoms with E-state index in [1.165, 1.54) is 17.0 Å². The van der Waals surface area contributed by atoms with Crippen LogP contribution in [-0.4, -0.2) is 32.6 Å². The van der Waals surface area contributed by atoms with Crippen LogP contribution in [0.4, 0.5) is 9.18 Å². The van der Waals surface area contributed by atoms with Crippen molar-refractivity contribution >= 4 is 6.09 Å². The lowest BCUT2D eigenvalue weighted by Gasteiger charge is -2.18. The van der Waals surface area contributed by atoms with E-state index in [2.05, 4.69) is 9.97 Å². The van der Waals surface area contributed by atoms with E-state index in [0.717, 1.165) is 11.3 Å². The number of carbonyl (C=O) groups is 1.